The summed E-state index contributed by atoms with van der Waals surface area (Å²) in [4.78, 5) is 62.3. The van der Waals surface area contributed by atoms with Crippen molar-refractivity contribution in [3.8, 4) is 11.6 Å². The summed E-state index contributed by atoms with van der Waals surface area (Å²) in [6.45, 7) is 4.95. The van der Waals surface area contributed by atoms with E-state index < -0.39 is 104 Å². The number of amides is 4. The first-order valence-electron chi connectivity index (χ1n) is 19.8. The van der Waals surface area contributed by atoms with Crippen LogP contribution in [-0.4, -0.2) is 90.2 Å². The number of alkyl halides is 3. The maximum absolute atomic E-state index is 14.9. The van der Waals surface area contributed by atoms with Crippen molar-refractivity contribution < 1.29 is 54.6 Å². The van der Waals surface area contributed by atoms with Gasteiger partial charge in [-0.15, -0.1) is 0 Å². The first-order valence-corrected chi connectivity index (χ1v) is 21.3. The summed E-state index contributed by atoms with van der Waals surface area (Å²) in [7, 11) is -2.68. The summed E-state index contributed by atoms with van der Waals surface area (Å²) in [6, 6.07) is 1.06. The number of aromatic nitrogens is 1. The van der Waals surface area contributed by atoms with Gasteiger partial charge in [-0.25, -0.2) is 17.8 Å². The summed E-state index contributed by atoms with van der Waals surface area (Å²) in [5, 5.41) is 5.95. The summed E-state index contributed by atoms with van der Waals surface area (Å²) >= 11 is 0. The third-order valence-corrected chi connectivity index (χ3v) is 15.1. The lowest BCUT2D eigenvalue weighted by Crippen LogP contribution is -2.60. The monoisotopic (exact) mass is 835 g/mol. The van der Waals surface area contributed by atoms with Gasteiger partial charge in [-0.2, -0.15) is 13.2 Å². The van der Waals surface area contributed by atoms with E-state index in [-0.39, 0.29) is 36.6 Å². The standard InChI is InChI=1S/C40H49F4N5O8S/c1-5-23-16-22(2)8-6-7-9-24-19-39(24,36(53)48-58(54,55)37(3)12-13-37)47-32(50)29-18-26(57-33-28-17-25(41)10-11-27(28)30(56-4)20-45-33)21-49(29)34(51)31(23)46-35(52)38(14-15-38)40(42,43)44/h7,9-11,17,20,22-24,26,29,31H,5-6,8,12-16,18-19,21H2,1-4H3,(H,46,52)(H,47,50)(H,48,53)/t22-,23-,24-,26-,29+,31+,39-/m1/s1. The highest BCUT2D eigenvalue weighted by Gasteiger charge is 2.69. The molecule has 1 saturated heterocycles. The molecule has 3 heterocycles. The normalized spacial score (nSPS) is 30.5. The van der Waals surface area contributed by atoms with Gasteiger partial charge >= 0.3 is 6.18 Å². The molecule has 2 aromatic rings. The van der Waals surface area contributed by atoms with Gasteiger partial charge < -0.3 is 25.0 Å². The number of sulfonamides is 1. The molecule has 316 valence electrons. The Morgan fingerprint density at radius 1 is 1.09 bits per heavy atom. The maximum atomic E-state index is 14.9. The molecule has 0 radical (unpaired) electrons. The van der Waals surface area contributed by atoms with Gasteiger partial charge in [0.05, 0.1) is 30.0 Å². The molecule has 3 aliphatic carbocycles. The number of fused-ring (bicyclic) bond motifs is 3. The molecule has 5 aliphatic rings. The van der Waals surface area contributed by atoms with E-state index in [0.29, 0.717) is 49.7 Å². The molecule has 0 bridgehead atoms. The molecule has 4 amide bonds. The Morgan fingerprint density at radius 2 is 1.81 bits per heavy atom. The molecule has 3 N–H and O–H groups in total. The minimum absolute atomic E-state index is 0.0381. The number of methoxy groups -OCH3 is 1. The largest absolute Gasteiger partial charge is 0.494 e. The van der Waals surface area contributed by atoms with E-state index in [1.54, 1.807) is 13.0 Å². The first-order chi connectivity index (χ1) is 27.3. The van der Waals surface area contributed by atoms with E-state index in [9.17, 15) is 45.2 Å². The van der Waals surface area contributed by atoms with Crippen LogP contribution in [0.4, 0.5) is 17.6 Å². The minimum Gasteiger partial charge on any atom is -0.494 e. The maximum Gasteiger partial charge on any atom is 0.403 e. The molecule has 7 rings (SSSR count). The number of pyridine rings is 1. The molecule has 0 spiro atoms. The Hall–Kier alpha value is -4.48. The number of carbonyl (C=O) groups is 4. The van der Waals surface area contributed by atoms with Gasteiger partial charge in [0, 0.05) is 17.7 Å². The summed E-state index contributed by atoms with van der Waals surface area (Å²) < 4.78 is 96.3. The van der Waals surface area contributed by atoms with Crippen molar-refractivity contribution >= 4 is 44.4 Å². The molecular formula is C40H49F4N5O8S. The fourth-order valence-electron chi connectivity index (χ4n) is 8.44. The van der Waals surface area contributed by atoms with Crippen LogP contribution in [0, 0.1) is 29.0 Å². The predicted octanol–water partition coefficient (Wildman–Crippen LogP) is 4.83. The molecule has 1 aromatic carbocycles. The SMILES string of the molecule is CC[C@@H]1C[C@H](C)CCC=C[C@@H]2C[C@@]2(C(=O)NS(=O)(=O)C2(C)CC2)NC(=O)[C@@H]2C[C@@H](Oc3ncc(OC)c4ccc(F)cc34)CN2C(=O)[C@H]1NC(=O)C1(C(F)(F)F)CC1. The van der Waals surface area contributed by atoms with Gasteiger partial charge in [-0.3, -0.25) is 23.9 Å². The molecule has 4 fully saturated rings. The molecule has 7 atom stereocenters. The van der Waals surface area contributed by atoms with Gasteiger partial charge in [0.1, 0.15) is 40.7 Å². The number of nitrogens with one attached hydrogen (secondary N) is 3. The van der Waals surface area contributed by atoms with Crippen molar-refractivity contribution in [3.05, 3.63) is 42.4 Å². The first kappa shape index (κ1) is 41.7. The molecule has 58 heavy (non-hydrogen) atoms. The van der Waals surface area contributed by atoms with Gasteiger partial charge in [0.15, 0.2) is 0 Å². The van der Waals surface area contributed by atoms with E-state index >= 15 is 0 Å². The molecule has 3 saturated carbocycles. The summed E-state index contributed by atoms with van der Waals surface area (Å²) in [6.07, 6.45) is 0.742. The third kappa shape index (κ3) is 7.60. The second-order valence-corrected chi connectivity index (χ2v) is 19.2. The lowest BCUT2D eigenvalue weighted by Gasteiger charge is -2.35. The number of rotatable bonds is 9. The quantitative estimate of drug-likeness (QED) is 0.236. The minimum atomic E-state index is -4.84. The number of nitrogens with zero attached hydrogens (tertiary/aromatic N) is 2. The third-order valence-electron chi connectivity index (χ3n) is 12.9. The Morgan fingerprint density at radius 3 is 2.45 bits per heavy atom. The molecule has 0 unspecified atom stereocenters. The number of halogens is 4. The van der Waals surface area contributed by atoms with Crippen molar-refractivity contribution in [2.24, 2.45) is 23.2 Å². The van der Waals surface area contributed by atoms with Gasteiger partial charge in [0.25, 0.3) is 5.91 Å². The van der Waals surface area contributed by atoms with Crippen LogP contribution in [0.25, 0.3) is 10.8 Å². The average molecular weight is 836 g/mol. The van der Waals surface area contributed by atoms with Gasteiger partial charge in [-0.1, -0.05) is 32.4 Å². The molecule has 18 heteroatoms. The Bertz CT molecular complexity index is 2140. The van der Waals surface area contributed by atoms with Crippen LogP contribution < -0.4 is 24.8 Å². The number of ether oxygens (including phenoxy) is 2. The number of hydrogen-bond donors (Lipinski definition) is 3. The lowest BCUT2D eigenvalue weighted by atomic mass is 9.84. The Labute approximate surface area is 334 Å². The summed E-state index contributed by atoms with van der Waals surface area (Å²) in [5.74, 6) is -5.41. The highest BCUT2D eigenvalue weighted by molar-refractivity contribution is 7.91. The van der Waals surface area contributed by atoms with Gasteiger partial charge in [-0.05, 0) is 88.3 Å². The average Bonchev–Trinajstić information content (AvgIpc) is 4.11. The predicted molar refractivity (Wildman–Crippen MR) is 202 cm³/mol. The Kier molecular flexibility index (Phi) is 10.8. The highest BCUT2D eigenvalue weighted by Crippen LogP contribution is 2.58. The molecule has 13 nitrogen and oxygen atoms in total. The number of allylic oxidation sites excluding steroid dienone is 1. The van der Waals surface area contributed by atoms with Crippen molar-refractivity contribution in [2.75, 3.05) is 13.7 Å². The smallest absolute Gasteiger partial charge is 0.403 e. The van der Waals surface area contributed by atoms with Crippen molar-refractivity contribution in [3.63, 3.8) is 0 Å². The van der Waals surface area contributed by atoms with E-state index in [1.807, 2.05) is 13.0 Å². The van der Waals surface area contributed by atoms with Crippen molar-refractivity contribution in [1.82, 2.24) is 25.2 Å². The molecule has 1 aromatic heterocycles. The molecule has 2 aliphatic heterocycles. The lowest BCUT2D eigenvalue weighted by molar-refractivity contribution is -0.193. The van der Waals surface area contributed by atoms with Crippen LogP contribution in [0.15, 0.2) is 36.5 Å². The Balaban J connectivity index is 1.26. The topological polar surface area (TPSA) is 173 Å². The van der Waals surface area contributed by atoms with E-state index in [2.05, 4.69) is 20.3 Å². The number of hydrogen-bond acceptors (Lipinski definition) is 9. The van der Waals surface area contributed by atoms with Crippen molar-refractivity contribution in [2.45, 2.75) is 120 Å². The van der Waals surface area contributed by atoms with E-state index in [1.165, 1.54) is 38.4 Å². The fourth-order valence-corrected chi connectivity index (χ4v) is 9.75. The van der Waals surface area contributed by atoms with E-state index in [0.717, 1.165) is 4.90 Å². The van der Waals surface area contributed by atoms with Crippen molar-refractivity contribution in [1.29, 1.82) is 0 Å². The van der Waals surface area contributed by atoms with Gasteiger partial charge in [0.2, 0.25) is 33.6 Å². The zero-order chi connectivity index (χ0) is 42.0. The zero-order valence-electron chi connectivity index (χ0n) is 32.8. The fraction of sp³-hybridized carbons (Fsp3) is 0.625. The van der Waals surface area contributed by atoms with Crippen LogP contribution in [0.5, 0.6) is 11.6 Å². The van der Waals surface area contributed by atoms with E-state index in [4.69, 9.17) is 9.47 Å². The second kappa shape index (κ2) is 15.0. The second-order valence-electron chi connectivity index (χ2n) is 17.0. The van der Waals surface area contributed by atoms with Crippen LogP contribution in [0.1, 0.15) is 85.0 Å². The van der Waals surface area contributed by atoms with Crippen LogP contribution in [-0.2, 0) is 29.2 Å². The number of carbonyl (C=O) groups excluding carboxylic acids is 4. The van der Waals surface area contributed by atoms with Crippen LogP contribution in [0.3, 0.4) is 0 Å². The van der Waals surface area contributed by atoms with Crippen LogP contribution >= 0.6 is 0 Å². The summed E-state index contributed by atoms with van der Waals surface area (Å²) in [5.41, 5.74) is -4.30. The zero-order valence-corrected chi connectivity index (χ0v) is 33.6. The van der Waals surface area contributed by atoms with Crippen LogP contribution in [0.2, 0.25) is 0 Å². The highest BCUT2D eigenvalue weighted by atomic mass is 32.2. The molecular weight excluding hydrogens is 787 g/mol. The number of benzene rings is 1.